The van der Waals surface area contributed by atoms with Crippen LogP contribution in [-0.2, 0) is 14.8 Å². The molecule has 0 atom stereocenters. The fourth-order valence-electron chi connectivity index (χ4n) is 3.80. The van der Waals surface area contributed by atoms with E-state index >= 15 is 0 Å². The molecular formula is C26H27N3O6S. The van der Waals surface area contributed by atoms with Gasteiger partial charge in [0.05, 0.1) is 36.5 Å². The van der Waals surface area contributed by atoms with E-state index in [1.807, 2.05) is 0 Å². The summed E-state index contributed by atoms with van der Waals surface area (Å²) in [7, 11) is -2.23. The summed E-state index contributed by atoms with van der Waals surface area (Å²) in [4.78, 5) is 26.1. The second-order valence-corrected chi connectivity index (χ2v) is 10.1. The number of aryl methyl sites for hydroxylation is 1. The molecule has 0 aliphatic carbocycles. The highest BCUT2D eigenvalue weighted by atomic mass is 32.2. The second kappa shape index (κ2) is 10.9. The van der Waals surface area contributed by atoms with Gasteiger partial charge in [0, 0.05) is 24.3 Å². The molecule has 188 valence electrons. The number of rotatable bonds is 7. The smallest absolute Gasteiger partial charge is 0.257 e. The van der Waals surface area contributed by atoms with Gasteiger partial charge in [-0.3, -0.25) is 9.59 Å². The molecule has 0 aromatic heterocycles. The lowest BCUT2D eigenvalue weighted by molar-refractivity contribution is 0.0730. The molecule has 3 aromatic carbocycles. The Labute approximate surface area is 210 Å². The predicted octanol–water partition coefficient (Wildman–Crippen LogP) is 3.53. The number of benzene rings is 3. The molecule has 0 bridgehead atoms. The van der Waals surface area contributed by atoms with Gasteiger partial charge in [0.15, 0.2) is 0 Å². The summed E-state index contributed by atoms with van der Waals surface area (Å²) in [5.41, 5.74) is 1.83. The van der Waals surface area contributed by atoms with Crippen LogP contribution in [0.5, 0.6) is 5.75 Å². The van der Waals surface area contributed by atoms with Gasteiger partial charge >= 0.3 is 0 Å². The zero-order chi connectivity index (χ0) is 25.7. The van der Waals surface area contributed by atoms with Crippen molar-refractivity contribution in [3.63, 3.8) is 0 Å². The number of anilines is 2. The lowest BCUT2D eigenvalue weighted by Gasteiger charge is -2.26. The molecule has 0 saturated carbocycles. The number of nitrogens with zero attached hydrogens (tertiary/aromatic N) is 1. The molecule has 2 amide bonds. The van der Waals surface area contributed by atoms with Crippen LogP contribution in [0.2, 0.25) is 0 Å². The molecule has 2 N–H and O–H groups in total. The number of amides is 2. The summed E-state index contributed by atoms with van der Waals surface area (Å²) in [5, 5.41) is 5.54. The minimum Gasteiger partial charge on any atom is -0.497 e. The number of methoxy groups -OCH3 is 1. The minimum absolute atomic E-state index is 0.0718. The number of ether oxygens (including phenoxy) is 2. The van der Waals surface area contributed by atoms with Crippen molar-refractivity contribution in [1.29, 1.82) is 0 Å². The Bertz CT molecular complexity index is 1370. The normalized spacial score (nSPS) is 14.2. The molecule has 0 unspecified atom stereocenters. The van der Waals surface area contributed by atoms with Crippen LogP contribution in [-0.4, -0.2) is 58.0 Å². The third kappa shape index (κ3) is 5.56. The molecule has 0 spiro atoms. The highest BCUT2D eigenvalue weighted by Gasteiger charge is 2.28. The Morgan fingerprint density at radius 2 is 1.61 bits per heavy atom. The van der Waals surface area contributed by atoms with Gasteiger partial charge in [-0.1, -0.05) is 18.2 Å². The van der Waals surface area contributed by atoms with E-state index in [-0.39, 0.29) is 29.1 Å². The van der Waals surface area contributed by atoms with Crippen LogP contribution in [0.3, 0.4) is 0 Å². The number of nitrogens with one attached hydrogen (secondary N) is 2. The van der Waals surface area contributed by atoms with Crippen LogP contribution < -0.4 is 15.4 Å². The highest BCUT2D eigenvalue weighted by molar-refractivity contribution is 7.89. The Morgan fingerprint density at radius 3 is 2.31 bits per heavy atom. The third-order valence-electron chi connectivity index (χ3n) is 5.81. The number of sulfonamides is 1. The highest BCUT2D eigenvalue weighted by Crippen LogP contribution is 2.24. The van der Waals surface area contributed by atoms with Crippen molar-refractivity contribution in [2.45, 2.75) is 11.8 Å². The molecule has 9 nitrogen and oxygen atoms in total. The van der Waals surface area contributed by atoms with Crippen molar-refractivity contribution in [2.75, 3.05) is 44.0 Å². The monoisotopic (exact) mass is 509 g/mol. The van der Waals surface area contributed by atoms with Crippen molar-refractivity contribution in [1.82, 2.24) is 4.31 Å². The van der Waals surface area contributed by atoms with Crippen LogP contribution in [0, 0.1) is 6.92 Å². The van der Waals surface area contributed by atoms with Crippen LogP contribution in [0.25, 0.3) is 0 Å². The van der Waals surface area contributed by atoms with Crippen LogP contribution in [0.1, 0.15) is 26.3 Å². The zero-order valence-electron chi connectivity index (χ0n) is 20.0. The average Bonchev–Trinajstić information content (AvgIpc) is 2.90. The van der Waals surface area contributed by atoms with Crippen LogP contribution in [0.4, 0.5) is 11.4 Å². The van der Waals surface area contributed by atoms with Crippen molar-refractivity contribution in [3.8, 4) is 5.75 Å². The molecule has 0 radical (unpaired) electrons. The Kier molecular flexibility index (Phi) is 7.68. The van der Waals surface area contributed by atoms with E-state index in [1.54, 1.807) is 74.7 Å². The molecule has 4 rings (SSSR count). The Hall–Kier alpha value is -3.73. The maximum atomic E-state index is 13.2. The molecule has 1 aliphatic heterocycles. The van der Waals surface area contributed by atoms with E-state index in [2.05, 4.69) is 10.6 Å². The fourth-order valence-corrected chi connectivity index (χ4v) is 5.46. The maximum Gasteiger partial charge on any atom is 0.257 e. The number of hydrogen-bond acceptors (Lipinski definition) is 6. The summed E-state index contributed by atoms with van der Waals surface area (Å²) < 4.78 is 38.1. The Balaban J connectivity index is 1.55. The van der Waals surface area contributed by atoms with Gasteiger partial charge in [-0.15, -0.1) is 0 Å². The lowest BCUT2D eigenvalue weighted by atomic mass is 10.1. The molecule has 1 saturated heterocycles. The number of morpholine rings is 1. The first kappa shape index (κ1) is 25.4. The summed E-state index contributed by atoms with van der Waals surface area (Å²) in [6.07, 6.45) is 0. The number of hydrogen-bond donors (Lipinski definition) is 2. The minimum atomic E-state index is -3.78. The molecule has 1 heterocycles. The van der Waals surface area contributed by atoms with Crippen molar-refractivity contribution >= 4 is 33.2 Å². The second-order valence-electron chi connectivity index (χ2n) is 8.18. The third-order valence-corrected chi connectivity index (χ3v) is 7.85. The largest absolute Gasteiger partial charge is 0.497 e. The lowest BCUT2D eigenvalue weighted by Crippen LogP contribution is -2.40. The molecule has 1 aliphatic rings. The van der Waals surface area contributed by atoms with E-state index in [0.717, 1.165) is 0 Å². The van der Waals surface area contributed by atoms with E-state index in [9.17, 15) is 18.0 Å². The van der Waals surface area contributed by atoms with Gasteiger partial charge in [0.1, 0.15) is 5.75 Å². The summed E-state index contributed by atoms with van der Waals surface area (Å²) in [6, 6.07) is 18.0. The first-order valence-corrected chi connectivity index (χ1v) is 12.8. The molecule has 36 heavy (non-hydrogen) atoms. The first-order valence-electron chi connectivity index (χ1n) is 11.3. The van der Waals surface area contributed by atoms with Gasteiger partial charge in [-0.25, -0.2) is 8.42 Å². The van der Waals surface area contributed by atoms with Gasteiger partial charge in [0.25, 0.3) is 11.8 Å². The quantitative estimate of drug-likeness (QED) is 0.504. The van der Waals surface area contributed by atoms with Crippen molar-refractivity contribution in [3.05, 3.63) is 83.4 Å². The van der Waals surface area contributed by atoms with Crippen molar-refractivity contribution < 1.29 is 27.5 Å². The fraction of sp³-hybridized carbons (Fsp3) is 0.231. The molecular weight excluding hydrogens is 482 g/mol. The average molecular weight is 510 g/mol. The predicted molar refractivity (Wildman–Crippen MR) is 136 cm³/mol. The van der Waals surface area contributed by atoms with Crippen LogP contribution in [0.15, 0.2) is 71.6 Å². The van der Waals surface area contributed by atoms with Gasteiger partial charge in [0.2, 0.25) is 10.0 Å². The van der Waals surface area contributed by atoms with E-state index in [1.165, 1.54) is 10.4 Å². The van der Waals surface area contributed by atoms with Crippen molar-refractivity contribution in [2.24, 2.45) is 0 Å². The van der Waals surface area contributed by atoms with Gasteiger partial charge in [-0.05, 0) is 61.0 Å². The van der Waals surface area contributed by atoms with Gasteiger partial charge < -0.3 is 20.1 Å². The topological polar surface area (TPSA) is 114 Å². The summed E-state index contributed by atoms with van der Waals surface area (Å²) >= 11 is 0. The number of para-hydroxylation sites is 1. The maximum absolute atomic E-state index is 13.2. The van der Waals surface area contributed by atoms with E-state index < -0.39 is 21.8 Å². The Morgan fingerprint density at radius 1 is 0.917 bits per heavy atom. The van der Waals surface area contributed by atoms with E-state index in [0.29, 0.717) is 35.9 Å². The zero-order valence-corrected chi connectivity index (χ0v) is 20.8. The molecule has 10 heteroatoms. The summed E-state index contributed by atoms with van der Waals surface area (Å²) in [6.45, 7) is 2.86. The summed E-state index contributed by atoms with van der Waals surface area (Å²) in [5.74, 6) is -0.276. The van der Waals surface area contributed by atoms with E-state index in [4.69, 9.17) is 9.47 Å². The number of carbonyl (C=O) groups is 2. The standard InChI is InChI=1S/C26H27N3O6S/c1-18-7-8-19(17-24(18)36(32,33)29-13-15-35-16-14-29)25(30)28-23-6-4-3-5-22(23)26(31)27-20-9-11-21(34-2)12-10-20/h3-12,17H,13-16H2,1-2H3,(H,27,31)(H,28,30). The van der Waals surface area contributed by atoms with Gasteiger partial charge in [-0.2, -0.15) is 4.31 Å². The number of carbonyl (C=O) groups excluding carboxylic acids is 2. The molecule has 3 aromatic rings. The first-order chi connectivity index (χ1) is 17.3. The SMILES string of the molecule is COc1ccc(NC(=O)c2ccccc2NC(=O)c2ccc(C)c(S(=O)(=O)N3CCOCC3)c2)cc1. The van der Waals surface area contributed by atoms with Crippen LogP contribution >= 0.6 is 0 Å². The molecule has 1 fully saturated rings.